The van der Waals surface area contributed by atoms with Gasteiger partial charge in [-0.15, -0.1) is 11.3 Å². The molecule has 0 saturated carbocycles. The molecule has 0 unspecified atom stereocenters. The van der Waals surface area contributed by atoms with E-state index in [0.29, 0.717) is 17.9 Å². The number of amides is 1. The van der Waals surface area contributed by atoms with E-state index in [0.717, 1.165) is 42.4 Å². The molecule has 0 aliphatic carbocycles. The van der Waals surface area contributed by atoms with Crippen molar-refractivity contribution in [3.8, 4) is 22.1 Å². The summed E-state index contributed by atoms with van der Waals surface area (Å²) in [5.41, 5.74) is 1.77. The first-order valence-electron chi connectivity index (χ1n) is 7.86. The molecule has 1 N–H and O–H groups in total. The van der Waals surface area contributed by atoms with Gasteiger partial charge >= 0.3 is 0 Å². The van der Waals surface area contributed by atoms with Gasteiger partial charge in [0.15, 0.2) is 11.5 Å². The Bertz CT molecular complexity index is 711. The first kappa shape index (κ1) is 16.7. The number of nitrogens with one attached hydrogen (secondary N) is 1. The summed E-state index contributed by atoms with van der Waals surface area (Å²) in [6.45, 7) is 3.26. The molecule has 3 rings (SSSR count). The van der Waals surface area contributed by atoms with E-state index in [1.807, 2.05) is 28.5 Å². The fraction of sp³-hybridized carbons (Fsp3) is 0.412. The highest BCUT2D eigenvalue weighted by atomic mass is 32.1. The van der Waals surface area contributed by atoms with Gasteiger partial charge in [-0.1, -0.05) is 0 Å². The first-order valence-corrected chi connectivity index (χ1v) is 8.74. The molecule has 0 atom stereocenters. The average molecular weight is 347 g/mol. The molecule has 2 heterocycles. The number of hydrogen-bond donors (Lipinski definition) is 1. The summed E-state index contributed by atoms with van der Waals surface area (Å²) in [5.74, 6) is 1.50. The van der Waals surface area contributed by atoms with Crippen LogP contribution in [0.5, 0.6) is 11.5 Å². The van der Waals surface area contributed by atoms with Crippen molar-refractivity contribution >= 4 is 17.2 Å². The van der Waals surface area contributed by atoms with Crippen molar-refractivity contribution in [1.82, 2.24) is 15.2 Å². The average Bonchev–Trinajstić information content (AvgIpc) is 3.10. The Hall–Kier alpha value is -2.12. The van der Waals surface area contributed by atoms with Crippen LogP contribution in [-0.4, -0.2) is 56.2 Å². The molecule has 0 bridgehead atoms. The highest BCUT2D eigenvalue weighted by Gasteiger charge is 2.18. The number of piperazine rings is 1. The smallest absolute Gasteiger partial charge is 0.228 e. The van der Waals surface area contributed by atoms with Gasteiger partial charge < -0.3 is 19.7 Å². The number of methoxy groups -OCH3 is 2. The van der Waals surface area contributed by atoms with Gasteiger partial charge in [-0.25, -0.2) is 4.98 Å². The standard InChI is InChI=1S/C17H21N3O3S/c1-22-14-4-3-12(9-15(14)23-2)17-19-13(11-24-17)10-16(21)20-7-5-18-6-8-20/h3-4,9,11,18H,5-8,10H2,1-2H3. The summed E-state index contributed by atoms with van der Waals surface area (Å²) in [4.78, 5) is 18.8. The van der Waals surface area contributed by atoms with E-state index >= 15 is 0 Å². The molecule has 1 aromatic heterocycles. The molecule has 1 fully saturated rings. The van der Waals surface area contributed by atoms with E-state index < -0.39 is 0 Å². The van der Waals surface area contributed by atoms with Crippen molar-refractivity contribution in [2.75, 3.05) is 40.4 Å². The van der Waals surface area contributed by atoms with Crippen molar-refractivity contribution in [1.29, 1.82) is 0 Å². The van der Waals surface area contributed by atoms with Crippen LogP contribution in [0.1, 0.15) is 5.69 Å². The van der Waals surface area contributed by atoms with Gasteiger partial charge in [0, 0.05) is 37.1 Å². The molecular weight excluding hydrogens is 326 g/mol. The second-order valence-electron chi connectivity index (χ2n) is 5.52. The van der Waals surface area contributed by atoms with Crippen LogP contribution in [0.2, 0.25) is 0 Å². The zero-order valence-electron chi connectivity index (χ0n) is 13.9. The maximum Gasteiger partial charge on any atom is 0.228 e. The third kappa shape index (κ3) is 3.68. The van der Waals surface area contributed by atoms with Crippen LogP contribution >= 0.6 is 11.3 Å². The highest BCUT2D eigenvalue weighted by molar-refractivity contribution is 7.13. The fourth-order valence-electron chi connectivity index (χ4n) is 2.67. The second kappa shape index (κ2) is 7.63. The van der Waals surface area contributed by atoms with Crippen LogP contribution in [-0.2, 0) is 11.2 Å². The second-order valence-corrected chi connectivity index (χ2v) is 6.38. The Kier molecular flexibility index (Phi) is 5.32. The molecule has 1 amide bonds. The zero-order chi connectivity index (χ0) is 16.9. The largest absolute Gasteiger partial charge is 0.493 e. The number of ether oxygens (including phenoxy) is 2. The number of hydrogen-bond acceptors (Lipinski definition) is 6. The number of thiazole rings is 1. The number of rotatable bonds is 5. The summed E-state index contributed by atoms with van der Waals surface area (Å²) >= 11 is 1.53. The van der Waals surface area contributed by atoms with E-state index in [1.54, 1.807) is 14.2 Å². The van der Waals surface area contributed by atoms with Crippen molar-refractivity contribution in [3.05, 3.63) is 29.3 Å². The minimum absolute atomic E-state index is 0.140. The molecule has 24 heavy (non-hydrogen) atoms. The third-order valence-corrected chi connectivity index (χ3v) is 4.92. The molecule has 1 aliphatic heterocycles. The molecule has 1 aromatic carbocycles. The monoisotopic (exact) mass is 347 g/mol. The maximum atomic E-state index is 12.3. The Morgan fingerprint density at radius 3 is 2.71 bits per heavy atom. The quantitative estimate of drug-likeness (QED) is 0.894. The van der Waals surface area contributed by atoms with Gasteiger partial charge in [-0.2, -0.15) is 0 Å². The topological polar surface area (TPSA) is 63.7 Å². The number of carbonyl (C=O) groups is 1. The van der Waals surface area contributed by atoms with Crippen molar-refractivity contribution in [3.63, 3.8) is 0 Å². The van der Waals surface area contributed by atoms with Gasteiger partial charge in [0.05, 0.1) is 26.3 Å². The van der Waals surface area contributed by atoms with Crippen LogP contribution in [0, 0.1) is 0 Å². The van der Waals surface area contributed by atoms with E-state index in [9.17, 15) is 4.79 Å². The highest BCUT2D eigenvalue weighted by Crippen LogP contribution is 2.33. The summed E-state index contributed by atoms with van der Waals surface area (Å²) in [7, 11) is 3.22. The van der Waals surface area contributed by atoms with Crippen molar-refractivity contribution in [2.24, 2.45) is 0 Å². The van der Waals surface area contributed by atoms with Crippen molar-refractivity contribution in [2.45, 2.75) is 6.42 Å². The Balaban J connectivity index is 1.72. The van der Waals surface area contributed by atoms with E-state index in [2.05, 4.69) is 10.3 Å². The lowest BCUT2D eigenvalue weighted by Gasteiger charge is -2.27. The lowest BCUT2D eigenvalue weighted by molar-refractivity contribution is -0.131. The normalized spacial score (nSPS) is 14.5. The predicted octanol–water partition coefficient (Wildman–Crippen LogP) is 1.80. The fourth-order valence-corrected chi connectivity index (χ4v) is 3.49. The molecular formula is C17H21N3O3S. The molecule has 2 aromatic rings. The minimum atomic E-state index is 0.140. The van der Waals surface area contributed by atoms with Gasteiger partial charge in [-0.3, -0.25) is 4.79 Å². The lowest BCUT2D eigenvalue weighted by Crippen LogP contribution is -2.46. The van der Waals surface area contributed by atoms with E-state index in [-0.39, 0.29) is 5.91 Å². The van der Waals surface area contributed by atoms with E-state index in [1.165, 1.54) is 11.3 Å². The van der Waals surface area contributed by atoms with Gasteiger partial charge in [0.2, 0.25) is 5.91 Å². The molecule has 7 heteroatoms. The molecule has 128 valence electrons. The van der Waals surface area contributed by atoms with Gasteiger partial charge in [0.1, 0.15) is 5.01 Å². The molecule has 6 nitrogen and oxygen atoms in total. The van der Waals surface area contributed by atoms with Gasteiger partial charge in [0.25, 0.3) is 0 Å². The maximum absolute atomic E-state index is 12.3. The summed E-state index contributed by atoms with van der Waals surface area (Å²) < 4.78 is 10.6. The number of nitrogens with zero attached hydrogens (tertiary/aromatic N) is 2. The molecule has 1 aliphatic rings. The number of carbonyl (C=O) groups excluding carboxylic acids is 1. The Labute approximate surface area is 145 Å². The van der Waals surface area contributed by atoms with Crippen LogP contribution in [0.15, 0.2) is 23.6 Å². The zero-order valence-corrected chi connectivity index (χ0v) is 14.7. The lowest BCUT2D eigenvalue weighted by atomic mass is 10.2. The predicted molar refractivity (Wildman–Crippen MR) is 93.8 cm³/mol. The summed E-state index contributed by atoms with van der Waals surface area (Å²) in [6.07, 6.45) is 0.351. The first-order chi connectivity index (χ1) is 11.7. The Morgan fingerprint density at radius 1 is 1.25 bits per heavy atom. The molecule has 1 saturated heterocycles. The van der Waals surface area contributed by atoms with Crippen molar-refractivity contribution < 1.29 is 14.3 Å². The minimum Gasteiger partial charge on any atom is -0.493 e. The van der Waals surface area contributed by atoms with Crippen LogP contribution in [0.4, 0.5) is 0 Å². The third-order valence-electron chi connectivity index (χ3n) is 3.98. The van der Waals surface area contributed by atoms with Gasteiger partial charge in [-0.05, 0) is 18.2 Å². The van der Waals surface area contributed by atoms with Crippen LogP contribution in [0.25, 0.3) is 10.6 Å². The SMILES string of the molecule is COc1ccc(-c2nc(CC(=O)N3CCNCC3)cs2)cc1OC. The summed E-state index contributed by atoms with van der Waals surface area (Å²) in [6, 6.07) is 5.71. The number of benzene rings is 1. The van der Waals surface area contributed by atoms with Crippen LogP contribution in [0.3, 0.4) is 0 Å². The number of aromatic nitrogens is 1. The van der Waals surface area contributed by atoms with E-state index in [4.69, 9.17) is 9.47 Å². The summed E-state index contributed by atoms with van der Waals surface area (Å²) in [5, 5.41) is 6.07. The Morgan fingerprint density at radius 2 is 2.00 bits per heavy atom. The van der Waals surface area contributed by atoms with Crippen LogP contribution < -0.4 is 14.8 Å². The molecule has 0 spiro atoms. The molecule has 0 radical (unpaired) electrons.